The molecule has 6 heteroatoms. The van der Waals surface area contributed by atoms with Gasteiger partial charge >= 0.3 is 0 Å². The Morgan fingerprint density at radius 2 is 2.14 bits per heavy atom. The highest BCUT2D eigenvalue weighted by molar-refractivity contribution is 9.10. The highest BCUT2D eigenvalue weighted by atomic mass is 79.9. The summed E-state index contributed by atoms with van der Waals surface area (Å²) in [6.07, 6.45) is 2.20. The van der Waals surface area contributed by atoms with E-state index in [1.165, 1.54) is 0 Å². The van der Waals surface area contributed by atoms with Crippen LogP contribution in [0.15, 0.2) is 22.7 Å². The Labute approximate surface area is 133 Å². The number of hydrogen-bond donors (Lipinski definition) is 1. The Bertz CT molecular complexity index is 605. The molecule has 2 N–H and O–H groups in total. The lowest BCUT2D eigenvalue weighted by molar-refractivity contribution is 0.141. The van der Waals surface area contributed by atoms with Crippen LogP contribution >= 0.6 is 15.9 Å². The SMILES string of the molecule is Nc1nc2ccc(Br)cc2n1CCCN1CCCOCC1. The van der Waals surface area contributed by atoms with Gasteiger partial charge in [-0.3, -0.25) is 0 Å². The zero-order valence-corrected chi connectivity index (χ0v) is 13.7. The summed E-state index contributed by atoms with van der Waals surface area (Å²) in [6.45, 7) is 5.89. The number of rotatable bonds is 4. The summed E-state index contributed by atoms with van der Waals surface area (Å²) >= 11 is 3.51. The van der Waals surface area contributed by atoms with Crippen LogP contribution in [0.5, 0.6) is 0 Å². The number of nitrogens with two attached hydrogens (primary N) is 1. The molecule has 1 aromatic heterocycles. The quantitative estimate of drug-likeness (QED) is 0.918. The lowest BCUT2D eigenvalue weighted by atomic mass is 10.3. The number of ether oxygens (including phenoxy) is 1. The van der Waals surface area contributed by atoms with Crippen molar-refractivity contribution < 1.29 is 4.74 Å². The van der Waals surface area contributed by atoms with Crippen molar-refractivity contribution in [1.29, 1.82) is 0 Å². The largest absolute Gasteiger partial charge is 0.380 e. The van der Waals surface area contributed by atoms with Crippen molar-refractivity contribution in [2.45, 2.75) is 19.4 Å². The number of imidazole rings is 1. The van der Waals surface area contributed by atoms with Crippen molar-refractivity contribution in [3.63, 3.8) is 0 Å². The third-order valence-corrected chi connectivity index (χ3v) is 4.40. The molecule has 0 atom stereocenters. The van der Waals surface area contributed by atoms with E-state index in [2.05, 4.69) is 36.4 Å². The first-order valence-corrected chi connectivity index (χ1v) is 8.25. The molecule has 1 aliphatic heterocycles. The summed E-state index contributed by atoms with van der Waals surface area (Å²) < 4.78 is 8.65. The zero-order chi connectivity index (χ0) is 14.7. The van der Waals surface area contributed by atoms with Crippen LogP contribution in [-0.4, -0.2) is 47.3 Å². The highest BCUT2D eigenvalue weighted by Gasteiger charge is 2.11. The Morgan fingerprint density at radius 3 is 3.05 bits per heavy atom. The van der Waals surface area contributed by atoms with E-state index in [9.17, 15) is 0 Å². The molecular weight excluding hydrogens is 332 g/mol. The minimum Gasteiger partial charge on any atom is -0.380 e. The maximum Gasteiger partial charge on any atom is 0.201 e. The number of fused-ring (bicyclic) bond motifs is 1. The predicted octanol–water partition coefficient (Wildman–Crippen LogP) is 2.49. The van der Waals surface area contributed by atoms with Gasteiger partial charge in [0.25, 0.3) is 0 Å². The average Bonchev–Trinajstić information content (AvgIpc) is 2.66. The third-order valence-electron chi connectivity index (χ3n) is 3.91. The van der Waals surface area contributed by atoms with E-state index >= 15 is 0 Å². The van der Waals surface area contributed by atoms with Gasteiger partial charge < -0.3 is 19.9 Å². The molecule has 0 unspecified atom stereocenters. The lowest BCUT2D eigenvalue weighted by Crippen LogP contribution is -2.28. The molecular formula is C15H21BrN4O. The summed E-state index contributed by atoms with van der Waals surface area (Å²) in [7, 11) is 0. The maximum atomic E-state index is 6.05. The number of halogens is 1. The van der Waals surface area contributed by atoms with Gasteiger partial charge in [0, 0.05) is 30.7 Å². The number of anilines is 1. The van der Waals surface area contributed by atoms with E-state index in [4.69, 9.17) is 10.5 Å². The van der Waals surface area contributed by atoms with Crippen LogP contribution in [0.1, 0.15) is 12.8 Å². The second-order valence-corrected chi connectivity index (χ2v) is 6.33. The number of benzene rings is 1. The summed E-state index contributed by atoms with van der Waals surface area (Å²) in [5, 5.41) is 0. The van der Waals surface area contributed by atoms with Crippen LogP contribution in [0.4, 0.5) is 5.95 Å². The molecule has 114 valence electrons. The molecule has 0 radical (unpaired) electrons. The van der Waals surface area contributed by atoms with Gasteiger partial charge in [0.2, 0.25) is 5.95 Å². The summed E-state index contributed by atoms with van der Waals surface area (Å²) in [4.78, 5) is 6.89. The summed E-state index contributed by atoms with van der Waals surface area (Å²) in [5.74, 6) is 0.599. The van der Waals surface area contributed by atoms with E-state index in [0.29, 0.717) is 5.95 Å². The number of nitrogen functional groups attached to an aromatic ring is 1. The number of aromatic nitrogens is 2. The van der Waals surface area contributed by atoms with E-state index in [0.717, 1.165) is 67.7 Å². The molecule has 5 nitrogen and oxygen atoms in total. The minimum atomic E-state index is 0.599. The second kappa shape index (κ2) is 6.77. The predicted molar refractivity (Wildman–Crippen MR) is 88.3 cm³/mol. The van der Waals surface area contributed by atoms with Crippen LogP contribution in [0, 0.1) is 0 Å². The van der Waals surface area contributed by atoms with Crippen molar-refractivity contribution in [3.8, 4) is 0 Å². The molecule has 0 amide bonds. The van der Waals surface area contributed by atoms with Gasteiger partial charge in [-0.1, -0.05) is 15.9 Å². The van der Waals surface area contributed by atoms with E-state index in [-0.39, 0.29) is 0 Å². The first-order chi connectivity index (χ1) is 10.2. The Morgan fingerprint density at radius 1 is 1.24 bits per heavy atom. The highest BCUT2D eigenvalue weighted by Crippen LogP contribution is 2.22. The van der Waals surface area contributed by atoms with Crippen molar-refractivity contribution in [2.75, 3.05) is 38.6 Å². The van der Waals surface area contributed by atoms with Gasteiger partial charge in [-0.05, 0) is 37.6 Å². The number of hydrogen-bond acceptors (Lipinski definition) is 4. The Kier molecular flexibility index (Phi) is 4.77. The summed E-state index contributed by atoms with van der Waals surface area (Å²) in [5.41, 5.74) is 8.11. The molecule has 0 aliphatic carbocycles. The first kappa shape index (κ1) is 14.8. The lowest BCUT2D eigenvalue weighted by Gasteiger charge is -2.19. The van der Waals surface area contributed by atoms with Crippen molar-refractivity contribution in [3.05, 3.63) is 22.7 Å². The minimum absolute atomic E-state index is 0.599. The molecule has 0 bridgehead atoms. The first-order valence-electron chi connectivity index (χ1n) is 7.45. The molecule has 1 saturated heterocycles. The fraction of sp³-hybridized carbons (Fsp3) is 0.533. The topological polar surface area (TPSA) is 56.3 Å². The molecule has 1 aliphatic rings. The fourth-order valence-corrected chi connectivity index (χ4v) is 3.17. The second-order valence-electron chi connectivity index (χ2n) is 5.42. The van der Waals surface area contributed by atoms with Crippen molar-refractivity contribution in [2.24, 2.45) is 0 Å². The van der Waals surface area contributed by atoms with Crippen LogP contribution in [0.25, 0.3) is 11.0 Å². The molecule has 21 heavy (non-hydrogen) atoms. The molecule has 0 saturated carbocycles. The molecule has 1 fully saturated rings. The van der Waals surface area contributed by atoms with Gasteiger partial charge in [0.1, 0.15) is 0 Å². The van der Waals surface area contributed by atoms with Crippen molar-refractivity contribution in [1.82, 2.24) is 14.5 Å². The Hall–Kier alpha value is -1.11. The average molecular weight is 353 g/mol. The van der Waals surface area contributed by atoms with Crippen LogP contribution in [-0.2, 0) is 11.3 Å². The molecule has 3 rings (SSSR count). The molecule has 2 aromatic rings. The zero-order valence-electron chi connectivity index (χ0n) is 12.1. The fourth-order valence-electron chi connectivity index (χ4n) is 2.82. The number of nitrogens with zero attached hydrogens (tertiary/aromatic N) is 3. The smallest absolute Gasteiger partial charge is 0.201 e. The van der Waals surface area contributed by atoms with Crippen LogP contribution < -0.4 is 5.73 Å². The summed E-state index contributed by atoms with van der Waals surface area (Å²) in [6, 6.07) is 6.08. The monoisotopic (exact) mass is 352 g/mol. The standard InChI is InChI=1S/C15H21BrN4O/c16-12-3-4-13-14(11-12)20(15(17)18-13)7-1-5-19-6-2-9-21-10-8-19/h3-4,11H,1-2,5-10H2,(H2,17,18). The van der Waals surface area contributed by atoms with E-state index in [1.807, 2.05) is 12.1 Å². The third kappa shape index (κ3) is 3.56. The van der Waals surface area contributed by atoms with Crippen LogP contribution in [0.3, 0.4) is 0 Å². The van der Waals surface area contributed by atoms with Gasteiger partial charge in [-0.2, -0.15) is 0 Å². The van der Waals surface area contributed by atoms with Gasteiger partial charge in [0.05, 0.1) is 17.6 Å². The molecule has 1 aromatic carbocycles. The molecule has 0 spiro atoms. The van der Waals surface area contributed by atoms with Gasteiger partial charge in [-0.15, -0.1) is 0 Å². The maximum absolute atomic E-state index is 6.05. The Balaban J connectivity index is 1.64. The van der Waals surface area contributed by atoms with E-state index in [1.54, 1.807) is 0 Å². The molecule has 2 heterocycles. The van der Waals surface area contributed by atoms with Gasteiger partial charge in [0.15, 0.2) is 0 Å². The van der Waals surface area contributed by atoms with Gasteiger partial charge in [-0.25, -0.2) is 4.98 Å². The van der Waals surface area contributed by atoms with Crippen LogP contribution in [0.2, 0.25) is 0 Å². The number of aryl methyl sites for hydroxylation is 1. The normalized spacial score (nSPS) is 17.2. The van der Waals surface area contributed by atoms with Crippen molar-refractivity contribution >= 4 is 32.9 Å². The van der Waals surface area contributed by atoms with E-state index < -0.39 is 0 Å².